The van der Waals surface area contributed by atoms with E-state index in [9.17, 15) is 18.4 Å². The summed E-state index contributed by atoms with van der Waals surface area (Å²) >= 11 is 0. The molecule has 41 heavy (non-hydrogen) atoms. The van der Waals surface area contributed by atoms with Gasteiger partial charge in [-0.25, -0.2) is 8.78 Å². The molecule has 3 aliphatic heterocycles. The molecule has 2 aromatic carbocycles. The van der Waals surface area contributed by atoms with Crippen LogP contribution in [0.1, 0.15) is 104 Å². The minimum absolute atomic E-state index is 0.0251. The molecule has 7 heteroatoms. The third-order valence-electron chi connectivity index (χ3n) is 10.9. The van der Waals surface area contributed by atoms with Gasteiger partial charge in [-0.05, 0) is 107 Å². The highest BCUT2D eigenvalue weighted by molar-refractivity contribution is 6.00. The highest BCUT2D eigenvalue weighted by Gasteiger charge is 2.55. The van der Waals surface area contributed by atoms with E-state index in [0.29, 0.717) is 31.7 Å². The van der Waals surface area contributed by atoms with Gasteiger partial charge in [0, 0.05) is 60.7 Å². The fourth-order valence-electron chi connectivity index (χ4n) is 8.27. The van der Waals surface area contributed by atoms with Gasteiger partial charge in [0.2, 0.25) is 5.91 Å². The Balaban J connectivity index is 1.28. The average molecular weight is 564 g/mol. The van der Waals surface area contributed by atoms with Gasteiger partial charge >= 0.3 is 0 Å². The number of aryl methyl sites for hydroxylation is 1. The number of hydrogen-bond acceptors (Lipinski definition) is 3. The Kier molecular flexibility index (Phi) is 6.46. The standard InChI is InChI=1S/C34H43F2N3O2/c1-19-14-25-29-26(33(6,7)37-30(40)28(29)20(19)2)16-34(25)10-12-38(13-11-34)31(41)24-18-39(32(3,4)5)17-23(24)22-9-8-21(35)15-27(22)36/h8-9,14-15,23-24,26H,10-13,16-18H2,1-7H3,(H,37,40)/t23-,24?,26?/m0/s1. The Hall–Kier alpha value is -2.80. The summed E-state index contributed by atoms with van der Waals surface area (Å²) in [6, 6.07) is 6.06. The van der Waals surface area contributed by atoms with Crippen molar-refractivity contribution in [3.05, 3.63) is 69.3 Å². The van der Waals surface area contributed by atoms with Crippen molar-refractivity contribution >= 4 is 11.8 Å². The number of hydrogen-bond donors (Lipinski definition) is 1. The van der Waals surface area contributed by atoms with Crippen LogP contribution < -0.4 is 5.32 Å². The molecule has 2 saturated heterocycles. The second-order valence-corrected chi connectivity index (χ2v) is 14.6. The van der Waals surface area contributed by atoms with E-state index >= 15 is 0 Å². The van der Waals surface area contributed by atoms with E-state index in [1.165, 1.54) is 23.3 Å². The molecule has 1 N–H and O–H groups in total. The first-order valence-electron chi connectivity index (χ1n) is 15.1. The number of amides is 2. The van der Waals surface area contributed by atoms with Crippen LogP contribution in [0.15, 0.2) is 24.3 Å². The predicted molar refractivity (Wildman–Crippen MR) is 156 cm³/mol. The van der Waals surface area contributed by atoms with E-state index in [4.69, 9.17) is 0 Å². The lowest BCUT2D eigenvalue weighted by Gasteiger charge is -2.42. The maximum atomic E-state index is 15.0. The maximum absolute atomic E-state index is 15.0. The molecule has 2 unspecified atom stereocenters. The van der Waals surface area contributed by atoms with Gasteiger partial charge < -0.3 is 10.2 Å². The largest absolute Gasteiger partial charge is 0.347 e. The number of fused-ring (bicyclic) bond motifs is 1. The van der Waals surface area contributed by atoms with Crippen LogP contribution in [0.2, 0.25) is 0 Å². The topological polar surface area (TPSA) is 52.7 Å². The van der Waals surface area contributed by atoms with Gasteiger partial charge in [0.1, 0.15) is 11.6 Å². The number of nitrogens with one attached hydrogen (secondary N) is 1. The van der Waals surface area contributed by atoms with Crippen LogP contribution in [0.3, 0.4) is 0 Å². The summed E-state index contributed by atoms with van der Waals surface area (Å²) in [4.78, 5) is 31.6. The van der Waals surface area contributed by atoms with E-state index in [1.54, 1.807) is 0 Å². The fourth-order valence-corrected chi connectivity index (χ4v) is 8.27. The molecular formula is C34H43F2N3O2. The summed E-state index contributed by atoms with van der Waals surface area (Å²) in [5.74, 6) is -1.55. The number of nitrogens with zero attached hydrogens (tertiary/aromatic N) is 2. The Morgan fingerprint density at radius 3 is 2.37 bits per heavy atom. The zero-order chi connectivity index (χ0) is 29.6. The first-order valence-corrected chi connectivity index (χ1v) is 15.1. The number of likely N-dealkylation sites (tertiary alicyclic amines) is 2. The number of piperidine rings is 1. The first-order chi connectivity index (χ1) is 19.1. The van der Waals surface area contributed by atoms with Gasteiger partial charge in [0.05, 0.1) is 5.92 Å². The Labute approximate surface area is 242 Å². The van der Waals surface area contributed by atoms with Gasteiger partial charge in [-0.1, -0.05) is 12.1 Å². The summed E-state index contributed by atoms with van der Waals surface area (Å²) in [6.45, 7) is 17.1. The molecule has 4 aliphatic rings. The Morgan fingerprint density at radius 2 is 1.73 bits per heavy atom. The molecule has 3 atom stereocenters. The third-order valence-corrected chi connectivity index (χ3v) is 10.9. The van der Waals surface area contributed by atoms with Crippen molar-refractivity contribution in [2.75, 3.05) is 26.2 Å². The van der Waals surface area contributed by atoms with Crippen LogP contribution in [-0.4, -0.2) is 58.9 Å². The summed E-state index contributed by atoms with van der Waals surface area (Å²) in [5.41, 5.74) is 5.46. The number of rotatable bonds is 2. The monoisotopic (exact) mass is 563 g/mol. The SMILES string of the molecule is Cc1cc2c3c(c1C)C(=O)NC(C)(C)C3CC21CCN(C(=O)C2CN(C(C)(C)C)C[C@H]2c2ccc(F)cc2F)CC1. The fraction of sp³-hybridized carbons (Fsp3) is 0.588. The number of carbonyl (C=O) groups excluding carboxylic acids is 2. The number of halogens is 2. The highest BCUT2D eigenvalue weighted by atomic mass is 19.1. The zero-order valence-corrected chi connectivity index (χ0v) is 25.5. The Morgan fingerprint density at radius 1 is 1.05 bits per heavy atom. The minimum Gasteiger partial charge on any atom is -0.347 e. The van der Waals surface area contributed by atoms with Crippen molar-refractivity contribution in [2.45, 2.75) is 96.1 Å². The van der Waals surface area contributed by atoms with Crippen molar-refractivity contribution in [3.63, 3.8) is 0 Å². The Bertz CT molecular complexity index is 1430. The van der Waals surface area contributed by atoms with Gasteiger partial charge in [0.25, 0.3) is 5.91 Å². The second kappa shape index (κ2) is 9.35. The molecule has 0 aromatic heterocycles. The summed E-state index contributed by atoms with van der Waals surface area (Å²) in [7, 11) is 0. The van der Waals surface area contributed by atoms with Crippen molar-refractivity contribution in [3.8, 4) is 0 Å². The van der Waals surface area contributed by atoms with Crippen molar-refractivity contribution in [1.29, 1.82) is 0 Å². The normalized spacial score (nSPS) is 26.8. The smallest absolute Gasteiger partial charge is 0.252 e. The van der Waals surface area contributed by atoms with Crippen LogP contribution >= 0.6 is 0 Å². The second-order valence-electron chi connectivity index (χ2n) is 14.6. The van der Waals surface area contributed by atoms with E-state index in [0.717, 1.165) is 42.0 Å². The van der Waals surface area contributed by atoms with Crippen LogP contribution in [0.5, 0.6) is 0 Å². The van der Waals surface area contributed by atoms with E-state index in [1.807, 2.05) is 4.90 Å². The lowest BCUT2D eigenvalue weighted by molar-refractivity contribution is -0.137. The van der Waals surface area contributed by atoms with Crippen LogP contribution in [0, 0.1) is 31.4 Å². The quantitative estimate of drug-likeness (QED) is 0.490. The third kappa shape index (κ3) is 4.41. The van der Waals surface area contributed by atoms with E-state index < -0.39 is 11.6 Å². The molecule has 6 rings (SSSR count). The molecule has 2 amide bonds. The lowest BCUT2D eigenvalue weighted by atomic mass is 9.71. The minimum atomic E-state index is -0.603. The van der Waals surface area contributed by atoms with Crippen LogP contribution in [-0.2, 0) is 10.2 Å². The molecular weight excluding hydrogens is 520 g/mol. The molecule has 1 spiro atoms. The molecule has 3 heterocycles. The number of carbonyl (C=O) groups is 2. The van der Waals surface area contributed by atoms with Crippen LogP contribution in [0.25, 0.3) is 0 Å². The maximum Gasteiger partial charge on any atom is 0.252 e. The summed E-state index contributed by atoms with van der Waals surface area (Å²) < 4.78 is 28.7. The van der Waals surface area contributed by atoms with Crippen molar-refractivity contribution in [1.82, 2.24) is 15.1 Å². The molecule has 2 fully saturated rings. The van der Waals surface area contributed by atoms with Gasteiger partial charge in [-0.3, -0.25) is 14.5 Å². The average Bonchev–Trinajstić information content (AvgIpc) is 3.45. The van der Waals surface area contributed by atoms with Gasteiger partial charge in [0.15, 0.2) is 0 Å². The first kappa shape index (κ1) is 28.3. The van der Waals surface area contributed by atoms with Crippen LogP contribution in [0.4, 0.5) is 8.78 Å². The zero-order valence-electron chi connectivity index (χ0n) is 25.5. The van der Waals surface area contributed by atoms with E-state index in [-0.39, 0.29) is 46.1 Å². The predicted octanol–water partition coefficient (Wildman–Crippen LogP) is 5.97. The summed E-state index contributed by atoms with van der Waals surface area (Å²) in [6.07, 6.45) is 2.66. The molecule has 220 valence electrons. The van der Waals surface area contributed by atoms with Gasteiger partial charge in [-0.15, -0.1) is 0 Å². The van der Waals surface area contributed by atoms with E-state index in [2.05, 4.69) is 64.7 Å². The highest BCUT2D eigenvalue weighted by Crippen LogP contribution is 2.58. The van der Waals surface area contributed by atoms with Crippen molar-refractivity contribution < 1.29 is 18.4 Å². The molecule has 2 aromatic rings. The lowest BCUT2D eigenvalue weighted by Crippen LogP contribution is -2.52. The molecule has 1 aliphatic carbocycles. The van der Waals surface area contributed by atoms with Gasteiger partial charge in [-0.2, -0.15) is 0 Å². The molecule has 0 saturated carbocycles. The molecule has 5 nitrogen and oxygen atoms in total. The van der Waals surface area contributed by atoms with Crippen molar-refractivity contribution in [2.24, 2.45) is 5.92 Å². The number of benzene rings is 2. The molecule has 0 bridgehead atoms. The summed E-state index contributed by atoms with van der Waals surface area (Å²) in [5, 5.41) is 3.28. The molecule has 0 radical (unpaired) electrons.